The van der Waals surface area contributed by atoms with Crippen LogP contribution in [-0.2, 0) is 0 Å². The van der Waals surface area contributed by atoms with Crippen LogP contribution in [0.5, 0.6) is 0 Å². The van der Waals surface area contributed by atoms with Gasteiger partial charge in [-0.2, -0.15) is 0 Å². The highest BCUT2D eigenvalue weighted by Gasteiger charge is 1.67. The van der Waals surface area contributed by atoms with Crippen molar-refractivity contribution in [3.05, 3.63) is 0 Å². The van der Waals surface area contributed by atoms with Crippen LogP contribution in [0.25, 0.3) is 0 Å². The van der Waals surface area contributed by atoms with Crippen molar-refractivity contribution in [3.63, 3.8) is 0 Å². The lowest BCUT2D eigenvalue weighted by atomic mass is 10.3. The molecule has 0 aromatic rings. The Morgan fingerprint density at radius 2 is 2.25 bits per heavy atom. The third-order valence-corrected chi connectivity index (χ3v) is 0.658. The summed E-state index contributed by atoms with van der Waals surface area (Å²) in [6.45, 7) is 8.80. The molecule has 0 aliphatic carbocycles. The van der Waals surface area contributed by atoms with Crippen molar-refractivity contribution in [1.29, 1.82) is 0 Å². The molecule has 0 atom stereocenters. The molecule has 0 aliphatic heterocycles. The van der Waals surface area contributed by atoms with Crippen molar-refractivity contribution in [2.45, 2.75) is 19.8 Å². The Kier molecular flexibility index (Phi) is 5.63. The van der Waals surface area contributed by atoms with Gasteiger partial charge >= 0.3 is 0 Å². The Morgan fingerprint density at radius 1 is 1.50 bits per heavy atom. The Hall–Kier alpha value is -0.770. The molecule has 0 fully saturated rings. The van der Waals surface area contributed by atoms with E-state index in [1.54, 1.807) is 0 Å². The number of unbranched alkanes of at least 4 members (excludes halogenated alkanes) is 1. The molecule has 0 unspecified atom stereocenters. The first-order valence-corrected chi connectivity index (χ1v) is 2.70. The minimum absolute atomic E-state index is 0.361. The van der Waals surface area contributed by atoms with E-state index in [-0.39, 0.29) is 0 Å². The van der Waals surface area contributed by atoms with Crippen LogP contribution in [0, 0.1) is 11.8 Å². The molecule has 0 heterocycles. The van der Waals surface area contributed by atoms with Gasteiger partial charge in [0.2, 0.25) is 0 Å². The molecule has 8 heavy (non-hydrogen) atoms. The zero-order chi connectivity index (χ0) is 6.24. The topological polar surface area (TPSA) is 12.4 Å². The zero-order valence-corrected chi connectivity index (χ0v) is 5.07. The molecule has 2 radical (unpaired) electrons. The van der Waals surface area contributed by atoms with Gasteiger partial charge in [0, 0.05) is 6.42 Å². The minimum atomic E-state index is 0.361. The summed E-state index contributed by atoms with van der Waals surface area (Å²) >= 11 is 0. The number of aliphatic imine (C=N–C) groups is 1. The Labute approximate surface area is 50.8 Å². The van der Waals surface area contributed by atoms with Crippen LogP contribution in [0.2, 0.25) is 0 Å². The third-order valence-electron chi connectivity index (χ3n) is 0.658. The van der Waals surface area contributed by atoms with Crippen LogP contribution in [0.4, 0.5) is 0 Å². The van der Waals surface area contributed by atoms with Crippen LogP contribution >= 0.6 is 0 Å². The number of rotatable bonds is 2. The second kappa shape index (κ2) is 6.23. The highest BCUT2D eigenvalue weighted by atomic mass is 14.6. The maximum Gasteiger partial charge on any atom is 0.114 e. The second-order valence-electron chi connectivity index (χ2n) is 1.42. The Morgan fingerprint density at radius 3 is 2.75 bits per heavy atom. The van der Waals surface area contributed by atoms with E-state index >= 15 is 0 Å². The fourth-order valence-electron chi connectivity index (χ4n) is 0.309. The summed E-state index contributed by atoms with van der Waals surface area (Å²) in [4.78, 5) is 3.08. The monoisotopic (exact) mass is 107 g/mol. The first kappa shape index (κ1) is 7.23. The highest BCUT2D eigenvalue weighted by Crippen LogP contribution is 1.79. The van der Waals surface area contributed by atoms with Crippen molar-refractivity contribution in [3.8, 4) is 11.8 Å². The van der Waals surface area contributed by atoms with Crippen LogP contribution in [0.1, 0.15) is 19.8 Å². The van der Waals surface area contributed by atoms with E-state index in [4.69, 9.17) is 6.72 Å². The first-order chi connectivity index (χ1) is 3.91. The predicted molar refractivity (Wildman–Crippen MR) is 35.0 cm³/mol. The lowest BCUT2D eigenvalue weighted by Crippen LogP contribution is -1.68. The van der Waals surface area contributed by atoms with Crippen molar-refractivity contribution in [1.82, 2.24) is 0 Å². The predicted octanol–water partition coefficient (Wildman–Crippen LogP) is 1.24. The van der Waals surface area contributed by atoms with Crippen molar-refractivity contribution in [2.75, 3.05) is 6.54 Å². The summed E-state index contributed by atoms with van der Waals surface area (Å²) in [5.74, 6) is 5.60. The normalized spacial score (nSPS) is 7.12. The molecule has 0 N–H and O–H groups in total. The van der Waals surface area contributed by atoms with Gasteiger partial charge in [0.25, 0.3) is 0 Å². The summed E-state index contributed by atoms with van der Waals surface area (Å²) in [5, 5.41) is 0. The molecule has 0 bridgehead atoms. The van der Waals surface area contributed by atoms with Gasteiger partial charge in [-0.3, -0.25) is 4.99 Å². The third kappa shape index (κ3) is 5.23. The van der Waals surface area contributed by atoms with E-state index in [0.29, 0.717) is 6.54 Å². The van der Waals surface area contributed by atoms with Gasteiger partial charge in [0.1, 0.15) is 13.3 Å². The Balaban J connectivity index is 3.07. The quantitative estimate of drug-likeness (QED) is 0.372. The van der Waals surface area contributed by atoms with Gasteiger partial charge in [0.15, 0.2) is 0 Å². The molecule has 0 rings (SSSR count). The molecule has 0 aromatic heterocycles. The molecule has 1 nitrogen and oxygen atoms in total. The SMILES string of the molecule is CCCC#CCN=[C:1]. The number of hydrogen-bond acceptors (Lipinski definition) is 1. The summed E-state index contributed by atoms with van der Waals surface area (Å²) in [7, 11) is 0. The van der Waals surface area contributed by atoms with Crippen molar-refractivity contribution >= 4 is 6.72 Å². The molecule has 0 amide bonds. The van der Waals surface area contributed by atoms with Crippen LogP contribution in [0.3, 0.4) is 0 Å². The summed E-state index contributed by atoms with van der Waals surface area (Å²) in [6, 6.07) is 0. The largest absolute Gasteiger partial charge is 0.268 e. The molecule has 0 spiro atoms. The van der Waals surface area contributed by atoms with Crippen LogP contribution in [-0.4, -0.2) is 13.3 Å². The summed E-state index contributed by atoms with van der Waals surface area (Å²) in [6.07, 6.45) is 2.01. The molecule has 42 valence electrons. The first-order valence-electron chi connectivity index (χ1n) is 2.70. The fourth-order valence-corrected chi connectivity index (χ4v) is 0.309. The number of nitrogens with zero attached hydrogens (tertiary/aromatic N) is 1. The Bertz CT molecular complexity index is 105. The molecule has 1 heteroatoms. The second-order valence-corrected chi connectivity index (χ2v) is 1.42. The summed E-state index contributed by atoms with van der Waals surface area (Å²) < 4.78 is 0. The maximum absolute atomic E-state index is 6.36. The maximum atomic E-state index is 6.36. The van der Waals surface area contributed by atoms with E-state index in [1.165, 1.54) is 0 Å². The lowest BCUT2D eigenvalue weighted by Gasteiger charge is -1.75. The van der Waals surface area contributed by atoms with Gasteiger partial charge in [0.05, 0.1) is 0 Å². The van der Waals surface area contributed by atoms with Crippen LogP contribution < -0.4 is 0 Å². The lowest BCUT2D eigenvalue weighted by molar-refractivity contribution is 0.982. The molecular weight excluding hydrogens is 98.1 g/mol. The smallest absolute Gasteiger partial charge is 0.114 e. The molecule has 0 saturated carbocycles. The molecule has 0 aliphatic rings. The van der Waals surface area contributed by atoms with E-state index in [2.05, 4.69) is 23.8 Å². The molecule has 0 aromatic carbocycles. The highest BCUT2D eigenvalue weighted by molar-refractivity contribution is 5.24. The van der Waals surface area contributed by atoms with E-state index < -0.39 is 0 Å². The standard InChI is InChI=1S/C7H9N/c1-3-4-5-6-7-8-2/h3-4,7H2,1H3. The van der Waals surface area contributed by atoms with Gasteiger partial charge < -0.3 is 0 Å². The zero-order valence-electron chi connectivity index (χ0n) is 5.07. The van der Waals surface area contributed by atoms with Gasteiger partial charge in [-0.1, -0.05) is 12.8 Å². The average Bonchev–Trinajstić information content (AvgIpc) is 1.81. The van der Waals surface area contributed by atoms with Crippen LogP contribution in [0.15, 0.2) is 4.99 Å². The molecule has 0 saturated heterocycles. The van der Waals surface area contributed by atoms with E-state index in [9.17, 15) is 0 Å². The van der Waals surface area contributed by atoms with Crippen molar-refractivity contribution < 1.29 is 0 Å². The van der Waals surface area contributed by atoms with Gasteiger partial charge in [-0.25, -0.2) is 0 Å². The van der Waals surface area contributed by atoms with E-state index in [1.807, 2.05) is 0 Å². The number of hydrogen-bond donors (Lipinski definition) is 0. The summed E-state index contributed by atoms with van der Waals surface area (Å²) in [5.41, 5.74) is 0. The van der Waals surface area contributed by atoms with Gasteiger partial charge in [-0.15, -0.1) is 5.92 Å². The fraction of sp³-hybridized carbons (Fsp3) is 0.571. The molecular formula is C7H9N. The van der Waals surface area contributed by atoms with Gasteiger partial charge in [-0.05, 0) is 6.42 Å². The average molecular weight is 107 g/mol. The minimum Gasteiger partial charge on any atom is -0.268 e. The van der Waals surface area contributed by atoms with E-state index in [0.717, 1.165) is 12.8 Å². The van der Waals surface area contributed by atoms with Crippen molar-refractivity contribution in [2.24, 2.45) is 4.99 Å².